The van der Waals surface area contributed by atoms with Crippen molar-refractivity contribution in [3.63, 3.8) is 0 Å². The number of aromatic nitrogens is 2. The molecule has 5 nitrogen and oxygen atoms in total. The number of methoxy groups -OCH3 is 1. The standard InChI is InChI=1S/C13H9ClIN3O2/c1-20-10-4-8(2-3-9(10)5-16)6-18-7-17-12(14)11(15)13(18)19/h2-4,7H,6H2,1H3. The Morgan fingerprint density at radius 3 is 2.95 bits per heavy atom. The van der Waals surface area contributed by atoms with Crippen molar-refractivity contribution in [2.24, 2.45) is 0 Å². The Balaban J connectivity index is 2.39. The van der Waals surface area contributed by atoms with E-state index in [9.17, 15) is 4.79 Å². The second-order valence-electron chi connectivity index (χ2n) is 3.93. The SMILES string of the molecule is COc1cc(Cn2cnc(Cl)c(I)c2=O)ccc1C#N. The van der Waals surface area contributed by atoms with Gasteiger partial charge in [-0.1, -0.05) is 17.7 Å². The van der Waals surface area contributed by atoms with Crippen molar-refractivity contribution in [1.29, 1.82) is 5.26 Å². The lowest BCUT2D eigenvalue weighted by Gasteiger charge is -2.09. The van der Waals surface area contributed by atoms with E-state index in [2.05, 4.69) is 4.98 Å². The van der Waals surface area contributed by atoms with Gasteiger partial charge in [-0.15, -0.1) is 0 Å². The van der Waals surface area contributed by atoms with Crippen LogP contribution in [0.25, 0.3) is 0 Å². The summed E-state index contributed by atoms with van der Waals surface area (Å²) >= 11 is 7.66. The van der Waals surface area contributed by atoms with E-state index >= 15 is 0 Å². The van der Waals surface area contributed by atoms with Crippen LogP contribution >= 0.6 is 34.2 Å². The second kappa shape index (κ2) is 6.24. The lowest BCUT2D eigenvalue weighted by Crippen LogP contribution is -2.23. The number of halogens is 2. The van der Waals surface area contributed by atoms with Crippen molar-refractivity contribution >= 4 is 34.2 Å². The summed E-state index contributed by atoms with van der Waals surface area (Å²) < 4.78 is 6.97. The van der Waals surface area contributed by atoms with Gasteiger partial charge in [0.25, 0.3) is 5.56 Å². The maximum Gasteiger partial charge on any atom is 0.268 e. The maximum atomic E-state index is 12.0. The van der Waals surface area contributed by atoms with E-state index in [1.54, 1.807) is 18.2 Å². The van der Waals surface area contributed by atoms with Gasteiger partial charge in [-0.05, 0) is 40.3 Å². The number of hydrogen-bond donors (Lipinski definition) is 0. The zero-order valence-electron chi connectivity index (χ0n) is 10.4. The molecule has 0 N–H and O–H groups in total. The molecule has 1 aromatic heterocycles. The van der Waals surface area contributed by atoms with Crippen LogP contribution in [0.5, 0.6) is 5.75 Å². The Bertz CT molecular complexity index is 752. The van der Waals surface area contributed by atoms with Gasteiger partial charge in [0.15, 0.2) is 0 Å². The normalized spacial score (nSPS) is 10.1. The zero-order chi connectivity index (χ0) is 14.7. The van der Waals surface area contributed by atoms with Crippen LogP contribution in [0, 0.1) is 14.9 Å². The Hall–Kier alpha value is -1.59. The Morgan fingerprint density at radius 2 is 2.30 bits per heavy atom. The lowest BCUT2D eigenvalue weighted by atomic mass is 10.1. The van der Waals surface area contributed by atoms with E-state index in [4.69, 9.17) is 21.6 Å². The Kier molecular flexibility index (Phi) is 4.62. The van der Waals surface area contributed by atoms with E-state index in [0.717, 1.165) is 5.56 Å². The smallest absolute Gasteiger partial charge is 0.268 e. The molecule has 0 spiro atoms. The minimum atomic E-state index is -0.200. The molecule has 0 atom stereocenters. The molecular formula is C13H9ClIN3O2. The summed E-state index contributed by atoms with van der Waals surface area (Å²) in [5, 5.41) is 9.13. The quantitative estimate of drug-likeness (QED) is 0.585. The number of rotatable bonds is 3. The summed E-state index contributed by atoms with van der Waals surface area (Å²) in [5.74, 6) is 0.481. The van der Waals surface area contributed by atoms with E-state index in [-0.39, 0.29) is 10.7 Å². The lowest BCUT2D eigenvalue weighted by molar-refractivity contribution is 0.412. The van der Waals surface area contributed by atoms with Crippen LogP contribution in [0.3, 0.4) is 0 Å². The molecule has 7 heteroatoms. The molecule has 0 aliphatic carbocycles. The highest BCUT2D eigenvalue weighted by molar-refractivity contribution is 14.1. The highest BCUT2D eigenvalue weighted by Crippen LogP contribution is 2.19. The summed E-state index contributed by atoms with van der Waals surface area (Å²) in [6.07, 6.45) is 1.40. The van der Waals surface area contributed by atoms with Crippen molar-refractivity contribution in [3.05, 3.63) is 54.7 Å². The van der Waals surface area contributed by atoms with E-state index in [0.29, 0.717) is 21.4 Å². The van der Waals surface area contributed by atoms with E-state index in [1.807, 2.05) is 28.7 Å². The van der Waals surface area contributed by atoms with Crippen LogP contribution in [0.15, 0.2) is 29.3 Å². The molecule has 0 radical (unpaired) electrons. The molecule has 102 valence electrons. The number of ether oxygens (including phenoxy) is 1. The fourth-order valence-corrected chi connectivity index (χ4v) is 2.25. The predicted molar refractivity (Wildman–Crippen MR) is 83.0 cm³/mol. The third kappa shape index (κ3) is 2.94. The molecule has 0 saturated carbocycles. The summed E-state index contributed by atoms with van der Waals surface area (Å²) in [4.78, 5) is 16.0. The van der Waals surface area contributed by atoms with E-state index in [1.165, 1.54) is 18.0 Å². The first-order valence-corrected chi connectivity index (χ1v) is 7.00. The van der Waals surface area contributed by atoms with Gasteiger partial charge in [0.1, 0.15) is 20.5 Å². The molecule has 2 aromatic rings. The first kappa shape index (κ1) is 14.8. The minimum Gasteiger partial charge on any atom is -0.495 e. The molecule has 0 fully saturated rings. The summed E-state index contributed by atoms with van der Waals surface area (Å²) in [7, 11) is 1.50. The van der Waals surface area contributed by atoms with Crippen LogP contribution in [-0.4, -0.2) is 16.7 Å². The van der Waals surface area contributed by atoms with Gasteiger partial charge >= 0.3 is 0 Å². The average molecular weight is 402 g/mol. The van der Waals surface area contributed by atoms with Crippen molar-refractivity contribution in [1.82, 2.24) is 9.55 Å². The molecule has 1 heterocycles. The summed E-state index contributed by atoms with van der Waals surface area (Å²) in [6, 6.07) is 7.20. The fraction of sp³-hybridized carbons (Fsp3) is 0.154. The van der Waals surface area contributed by atoms with Crippen LogP contribution in [0.4, 0.5) is 0 Å². The zero-order valence-corrected chi connectivity index (χ0v) is 13.3. The Morgan fingerprint density at radius 1 is 1.55 bits per heavy atom. The Labute approximate surface area is 133 Å². The molecule has 0 bridgehead atoms. The van der Waals surface area contributed by atoms with Gasteiger partial charge in [-0.2, -0.15) is 5.26 Å². The van der Waals surface area contributed by atoms with Gasteiger partial charge in [-0.25, -0.2) is 4.98 Å². The van der Waals surface area contributed by atoms with Gasteiger partial charge in [0, 0.05) is 0 Å². The third-order valence-corrected chi connectivity index (χ3v) is 4.26. The number of nitriles is 1. The van der Waals surface area contributed by atoms with Crippen molar-refractivity contribution in [2.45, 2.75) is 6.54 Å². The second-order valence-corrected chi connectivity index (χ2v) is 5.37. The van der Waals surface area contributed by atoms with Crippen LogP contribution < -0.4 is 10.3 Å². The summed E-state index contributed by atoms with van der Waals surface area (Å²) in [6.45, 7) is 0.334. The van der Waals surface area contributed by atoms with Gasteiger partial charge in [0.2, 0.25) is 0 Å². The molecule has 0 saturated heterocycles. The first-order chi connectivity index (χ1) is 9.56. The third-order valence-electron chi connectivity index (χ3n) is 2.68. The topological polar surface area (TPSA) is 67.9 Å². The number of hydrogen-bond acceptors (Lipinski definition) is 4. The predicted octanol–water partition coefficient (Wildman–Crippen LogP) is 2.43. The molecular weight excluding hydrogens is 393 g/mol. The van der Waals surface area contributed by atoms with Gasteiger partial charge < -0.3 is 4.74 Å². The van der Waals surface area contributed by atoms with Crippen LogP contribution in [0.2, 0.25) is 5.15 Å². The van der Waals surface area contributed by atoms with Crippen LogP contribution in [0.1, 0.15) is 11.1 Å². The van der Waals surface area contributed by atoms with Crippen molar-refractivity contribution < 1.29 is 4.74 Å². The maximum absolute atomic E-state index is 12.0. The highest BCUT2D eigenvalue weighted by Gasteiger charge is 2.09. The van der Waals surface area contributed by atoms with Gasteiger partial charge in [-0.3, -0.25) is 9.36 Å². The van der Waals surface area contributed by atoms with Crippen LogP contribution in [-0.2, 0) is 6.54 Å². The number of benzene rings is 1. The van der Waals surface area contributed by atoms with Crippen molar-refractivity contribution in [3.8, 4) is 11.8 Å². The molecule has 2 rings (SSSR count). The van der Waals surface area contributed by atoms with Crippen molar-refractivity contribution in [2.75, 3.05) is 7.11 Å². The number of nitrogens with zero attached hydrogens (tertiary/aromatic N) is 3. The molecule has 0 aliphatic heterocycles. The molecule has 0 amide bonds. The minimum absolute atomic E-state index is 0.198. The first-order valence-electron chi connectivity index (χ1n) is 5.54. The van der Waals surface area contributed by atoms with E-state index < -0.39 is 0 Å². The van der Waals surface area contributed by atoms with Gasteiger partial charge in [0.05, 0.1) is 25.5 Å². The highest BCUT2D eigenvalue weighted by atomic mass is 127. The molecule has 0 unspecified atom stereocenters. The average Bonchev–Trinajstić information content (AvgIpc) is 2.47. The monoisotopic (exact) mass is 401 g/mol. The summed E-state index contributed by atoms with van der Waals surface area (Å²) in [5.41, 5.74) is 1.09. The fourth-order valence-electron chi connectivity index (χ4n) is 1.68. The molecule has 0 aliphatic rings. The largest absolute Gasteiger partial charge is 0.495 e. The molecule has 20 heavy (non-hydrogen) atoms. The molecule has 1 aromatic carbocycles.